The summed E-state index contributed by atoms with van der Waals surface area (Å²) in [6, 6.07) is 19.9. The van der Waals surface area contributed by atoms with Crippen LogP contribution in [0.25, 0.3) is 0 Å². The summed E-state index contributed by atoms with van der Waals surface area (Å²) < 4.78 is 0. The molecule has 5 nitrogen and oxygen atoms in total. The fourth-order valence-corrected chi connectivity index (χ4v) is 4.54. The number of rotatable bonds is 5. The van der Waals surface area contributed by atoms with Crippen LogP contribution in [0.1, 0.15) is 42.9 Å². The van der Waals surface area contributed by atoms with Gasteiger partial charge in [-0.1, -0.05) is 60.7 Å². The van der Waals surface area contributed by atoms with Gasteiger partial charge in [0.05, 0.1) is 12.0 Å². The van der Waals surface area contributed by atoms with Gasteiger partial charge in [-0.2, -0.15) is 0 Å². The van der Waals surface area contributed by atoms with E-state index in [1.165, 1.54) is 0 Å². The van der Waals surface area contributed by atoms with Gasteiger partial charge in [0.2, 0.25) is 11.8 Å². The number of amides is 2. The third-order valence-electron chi connectivity index (χ3n) is 6.02. The first-order valence-electron chi connectivity index (χ1n) is 10.6. The van der Waals surface area contributed by atoms with E-state index >= 15 is 0 Å². The van der Waals surface area contributed by atoms with Crippen molar-refractivity contribution in [3.63, 3.8) is 0 Å². The Morgan fingerprint density at radius 2 is 1.73 bits per heavy atom. The number of nitrogens with zero attached hydrogens (tertiary/aromatic N) is 1. The Morgan fingerprint density at radius 1 is 1.03 bits per heavy atom. The zero-order chi connectivity index (χ0) is 20.1. The van der Waals surface area contributed by atoms with Gasteiger partial charge in [-0.05, 0) is 36.9 Å². The minimum Gasteiger partial charge on any atom is -0.352 e. The number of carbonyl (C=O) groups excluding carboxylic acids is 2. The number of benzene rings is 2. The van der Waals surface area contributed by atoms with Crippen molar-refractivity contribution in [2.75, 3.05) is 13.1 Å². The highest BCUT2D eigenvalue weighted by Crippen LogP contribution is 2.38. The van der Waals surface area contributed by atoms with Gasteiger partial charge < -0.3 is 15.5 Å². The van der Waals surface area contributed by atoms with Crippen molar-refractivity contribution in [3.05, 3.63) is 71.8 Å². The van der Waals surface area contributed by atoms with Crippen LogP contribution in [0.4, 0.5) is 0 Å². The molecule has 2 amide bonds. The fourth-order valence-electron chi connectivity index (χ4n) is 4.54. The molecule has 4 rings (SSSR count). The minimum absolute atomic E-state index is 0. The van der Waals surface area contributed by atoms with Crippen LogP contribution < -0.4 is 10.6 Å². The molecule has 2 aromatic carbocycles. The number of piperidine rings is 2. The quantitative estimate of drug-likeness (QED) is 0.768. The Morgan fingerprint density at radius 3 is 2.40 bits per heavy atom. The highest BCUT2D eigenvalue weighted by molar-refractivity contribution is 5.85. The summed E-state index contributed by atoms with van der Waals surface area (Å²) in [6.45, 7) is 2.36. The van der Waals surface area contributed by atoms with Gasteiger partial charge in [-0.15, -0.1) is 12.4 Å². The molecular formula is C24H30ClN3O2. The maximum Gasteiger partial charge on any atom is 0.225 e. The van der Waals surface area contributed by atoms with E-state index in [4.69, 9.17) is 0 Å². The van der Waals surface area contributed by atoms with E-state index in [1.807, 2.05) is 65.6 Å². The fraction of sp³-hybridized carbons (Fsp3) is 0.417. The Labute approximate surface area is 184 Å². The molecule has 2 N–H and O–H groups in total. The van der Waals surface area contributed by atoms with Crippen LogP contribution >= 0.6 is 12.4 Å². The van der Waals surface area contributed by atoms with Crippen molar-refractivity contribution in [1.82, 2.24) is 15.5 Å². The van der Waals surface area contributed by atoms with Gasteiger partial charge in [0.15, 0.2) is 0 Å². The van der Waals surface area contributed by atoms with Crippen LogP contribution in [-0.4, -0.2) is 35.8 Å². The maximum atomic E-state index is 13.3. The predicted octanol–water partition coefficient (Wildman–Crippen LogP) is 3.46. The first-order chi connectivity index (χ1) is 14.2. The first kappa shape index (κ1) is 22.3. The molecule has 2 saturated heterocycles. The summed E-state index contributed by atoms with van der Waals surface area (Å²) in [6.07, 6.45) is 3.09. The Balaban J connectivity index is 0.00000256. The van der Waals surface area contributed by atoms with E-state index < -0.39 is 0 Å². The number of carbonyl (C=O) groups is 2. The molecule has 2 aromatic rings. The third kappa shape index (κ3) is 5.21. The molecule has 2 heterocycles. The summed E-state index contributed by atoms with van der Waals surface area (Å²) in [5.41, 5.74) is 2.11. The van der Waals surface area contributed by atoms with Crippen molar-refractivity contribution in [2.45, 2.75) is 44.3 Å². The number of hydrogen-bond acceptors (Lipinski definition) is 3. The van der Waals surface area contributed by atoms with Crippen LogP contribution in [0.5, 0.6) is 0 Å². The third-order valence-corrected chi connectivity index (χ3v) is 6.02. The predicted molar refractivity (Wildman–Crippen MR) is 120 cm³/mol. The average molecular weight is 428 g/mol. The summed E-state index contributed by atoms with van der Waals surface area (Å²) >= 11 is 0. The van der Waals surface area contributed by atoms with E-state index in [-0.39, 0.29) is 42.2 Å². The molecule has 0 bridgehead atoms. The molecule has 6 heteroatoms. The summed E-state index contributed by atoms with van der Waals surface area (Å²) in [5, 5.41) is 6.60. The standard InChI is InChI=1S/C24H29N3O2.ClH/c28-22-14-13-21(24(29)26-20-12-7-15-25-16-20)23(19-10-5-2-6-11-19)27(22)17-18-8-3-1-4-9-18;/h1-6,8-11,20-21,23,25H,7,12-17H2,(H,26,29);1H. The molecule has 0 spiro atoms. The van der Waals surface area contributed by atoms with E-state index in [9.17, 15) is 9.59 Å². The van der Waals surface area contributed by atoms with Gasteiger partial charge in [0.1, 0.15) is 0 Å². The van der Waals surface area contributed by atoms with Crippen LogP contribution in [-0.2, 0) is 16.1 Å². The van der Waals surface area contributed by atoms with Crippen LogP contribution in [0.2, 0.25) is 0 Å². The molecule has 30 heavy (non-hydrogen) atoms. The van der Waals surface area contributed by atoms with Crippen molar-refractivity contribution in [2.24, 2.45) is 5.92 Å². The second kappa shape index (κ2) is 10.6. The van der Waals surface area contributed by atoms with Crippen LogP contribution in [0.15, 0.2) is 60.7 Å². The van der Waals surface area contributed by atoms with Gasteiger partial charge in [-0.3, -0.25) is 9.59 Å². The summed E-state index contributed by atoms with van der Waals surface area (Å²) in [5.74, 6) is -0.0510. The van der Waals surface area contributed by atoms with Gasteiger partial charge in [0.25, 0.3) is 0 Å². The Kier molecular flexibility index (Phi) is 7.88. The van der Waals surface area contributed by atoms with Gasteiger partial charge in [0, 0.05) is 25.6 Å². The second-order valence-electron chi connectivity index (χ2n) is 8.06. The van der Waals surface area contributed by atoms with E-state index in [0.717, 1.165) is 37.1 Å². The molecule has 2 aliphatic heterocycles. The van der Waals surface area contributed by atoms with Crippen molar-refractivity contribution < 1.29 is 9.59 Å². The van der Waals surface area contributed by atoms with Crippen LogP contribution in [0.3, 0.4) is 0 Å². The lowest BCUT2D eigenvalue weighted by Crippen LogP contribution is -2.52. The molecule has 0 aromatic heterocycles. The molecule has 2 aliphatic rings. The maximum absolute atomic E-state index is 13.3. The average Bonchev–Trinajstić information content (AvgIpc) is 2.77. The van der Waals surface area contributed by atoms with Crippen molar-refractivity contribution in [1.29, 1.82) is 0 Å². The zero-order valence-electron chi connectivity index (χ0n) is 17.1. The minimum atomic E-state index is -0.241. The Hall–Kier alpha value is -2.37. The number of hydrogen-bond donors (Lipinski definition) is 2. The smallest absolute Gasteiger partial charge is 0.225 e. The lowest BCUT2D eigenvalue weighted by molar-refractivity contribution is -0.144. The van der Waals surface area contributed by atoms with Crippen molar-refractivity contribution in [3.8, 4) is 0 Å². The van der Waals surface area contributed by atoms with E-state index in [0.29, 0.717) is 19.4 Å². The molecule has 3 atom stereocenters. The summed E-state index contributed by atoms with van der Waals surface area (Å²) in [4.78, 5) is 28.1. The lowest BCUT2D eigenvalue weighted by atomic mass is 9.83. The van der Waals surface area contributed by atoms with Gasteiger partial charge >= 0.3 is 0 Å². The molecular weight excluding hydrogens is 398 g/mol. The highest BCUT2D eigenvalue weighted by atomic mass is 35.5. The van der Waals surface area contributed by atoms with Crippen LogP contribution in [0, 0.1) is 5.92 Å². The summed E-state index contributed by atoms with van der Waals surface area (Å²) in [7, 11) is 0. The van der Waals surface area contributed by atoms with E-state index in [2.05, 4.69) is 10.6 Å². The molecule has 3 unspecified atom stereocenters. The molecule has 160 valence electrons. The Bertz CT molecular complexity index is 825. The molecule has 2 fully saturated rings. The van der Waals surface area contributed by atoms with E-state index in [1.54, 1.807) is 0 Å². The monoisotopic (exact) mass is 427 g/mol. The SMILES string of the molecule is Cl.O=C(NC1CCCNC1)C1CCC(=O)N(Cc2ccccc2)C1c1ccccc1. The molecule has 0 radical (unpaired) electrons. The van der Waals surface area contributed by atoms with Gasteiger partial charge in [-0.25, -0.2) is 0 Å². The number of likely N-dealkylation sites (tertiary alicyclic amines) is 1. The normalized spacial score (nSPS) is 24.1. The zero-order valence-corrected chi connectivity index (χ0v) is 17.9. The topological polar surface area (TPSA) is 61.4 Å². The molecule has 0 saturated carbocycles. The highest BCUT2D eigenvalue weighted by Gasteiger charge is 2.41. The van der Waals surface area contributed by atoms with Crippen molar-refractivity contribution >= 4 is 24.2 Å². The number of halogens is 1. The first-order valence-corrected chi connectivity index (χ1v) is 10.6. The largest absolute Gasteiger partial charge is 0.352 e. The molecule has 0 aliphatic carbocycles. The lowest BCUT2D eigenvalue weighted by Gasteiger charge is -2.41. The number of nitrogens with one attached hydrogen (secondary N) is 2. The second-order valence-corrected chi connectivity index (χ2v) is 8.06.